The number of carbonyl (C=O) groups is 2. The molecule has 0 radical (unpaired) electrons. The maximum atomic E-state index is 14.6. The standard InChI is InChI=1S/C37H42BrN3O5S/c1-5-28(4)39-37(43)35(24-29-11-8-7-9-12-29)40(25-30-13-10-14-31(38)23-30)36(42)26-41(32-17-15-27(3)16-18-32)47(44,45)34-21-19-33(20-22-34)46-6-2/h7-23,28,35H,5-6,24-26H2,1-4H3,(H,39,43)/t28-,35+/m1/s1. The van der Waals surface area contributed by atoms with Gasteiger partial charge >= 0.3 is 0 Å². The van der Waals surface area contributed by atoms with Crippen molar-refractivity contribution in [3.05, 3.63) is 124 Å². The number of benzene rings is 4. The van der Waals surface area contributed by atoms with Crippen molar-refractivity contribution in [3.8, 4) is 5.75 Å². The summed E-state index contributed by atoms with van der Waals surface area (Å²) in [6.07, 6.45) is 0.962. The molecule has 0 fully saturated rings. The third-order valence-electron chi connectivity index (χ3n) is 7.84. The summed E-state index contributed by atoms with van der Waals surface area (Å²) in [4.78, 5) is 30.1. The third kappa shape index (κ3) is 9.68. The smallest absolute Gasteiger partial charge is 0.264 e. The SMILES string of the molecule is CCOc1ccc(S(=O)(=O)N(CC(=O)N(Cc2cccc(Br)c2)[C@@H](Cc2ccccc2)C(=O)N[C@H](C)CC)c2ccc(C)cc2)cc1. The van der Waals surface area contributed by atoms with Crippen molar-refractivity contribution >= 4 is 43.5 Å². The van der Waals surface area contributed by atoms with Crippen LogP contribution in [0.5, 0.6) is 5.75 Å². The number of nitrogens with one attached hydrogen (secondary N) is 1. The number of hydrogen-bond acceptors (Lipinski definition) is 5. The molecule has 4 rings (SSSR count). The molecule has 0 spiro atoms. The van der Waals surface area contributed by atoms with E-state index in [0.29, 0.717) is 24.5 Å². The Morgan fingerprint density at radius 1 is 0.872 bits per heavy atom. The van der Waals surface area contributed by atoms with Gasteiger partial charge in [0, 0.05) is 23.5 Å². The second kappa shape index (κ2) is 16.6. The number of anilines is 1. The fraction of sp³-hybridized carbons (Fsp3) is 0.297. The van der Waals surface area contributed by atoms with Crippen LogP contribution in [-0.2, 0) is 32.6 Å². The first-order valence-electron chi connectivity index (χ1n) is 15.7. The molecule has 0 aliphatic rings. The summed E-state index contributed by atoms with van der Waals surface area (Å²) < 4.78 is 36.0. The van der Waals surface area contributed by atoms with Gasteiger partial charge in [0.05, 0.1) is 17.2 Å². The Kier molecular flexibility index (Phi) is 12.6. The zero-order chi connectivity index (χ0) is 34.0. The monoisotopic (exact) mass is 719 g/mol. The van der Waals surface area contributed by atoms with Gasteiger partial charge in [-0.15, -0.1) is 0 Å². The summed E-state index contributed by atoms with van der Waals surface area (Å²) in [6.45, 7) is 7.67. The molecule has 2 amide bonds. The van der Waals surface area contributed by atoms with Gasteiger partial charge in [0.1, 0.15) is 18.3 Å². The number of nitrogens with zero attached hydrogens (tertiary/aromatic N) is 2. The fourth-order valence-electron chi connectivity index (χ4n) is 5.07. The summed E-state index contributed by atoms with van der Waals surface area (Å²) in [6, 6.07) is 29.1. The molecule has 0 aliphatic carbocycles. The van der Waals surface area contributed by atoms with E-state index in [2.05, 4.69) is 21.2 Å². The number of carbonyl (C=O) groups excluding carboxylic acids is 2. The summed E-state index contributed by atoms with van der Waals surface area (Å²) in [5.74, 6) is -0.274. The van der Waals surface area contributed by atoms with Crippen LogP contribution in [0.1, 0.15) is 43.9 Å². The molecule has 2 atom stereocenters. The van der Waals surface area contributed by atoms with Crippen LogP contribution in [0.25, 0.3) is 0 Å². The largest absolute Gasteiger partial charge is 0.494 e. The highest BCUT2D eigenvalue weighted by atomic mass is 79.9. The Labute approximate surface area is 286 Å². The molecule has 8 nitrogen and oxygen atoms in total. The average Bonchev–Trinajstić information content (AvgIpc) is 3.06. The normalized spacial score (nSPS) is 12.5. The molecule has 0 aliphatic heterocycles. The van der Waals surface area contributed by atoms with E-state index in [0.717, 1.165) is 25.5 Å². The zero-order valence-electron chi connectivity index (χ0n) is 27.2. The Morgan fingerprint density at radius 3 is 2.15 bits per heavy atom. The predicted octanol–water partition coefficient (Wildman–Crippen LogP) is 6.91. The van der Waals surface area contributed by atoms with Crippen molar-refractivity contribution < 1.29 is 22.7 Å². The minimum absolute atomic E-state index is 0.0169. The number of halogens is 1. The highest BCUT2D eigenvalue weighted by molar-refractivity contribution is 9.10. The second-order valence-electron chi connectivity index (χ2n) is 11.4. The van der Waals surface area contributed by atoms with Crippen LogP contribution in [0.2, 0.25) is 0 Å². The Bertz CT molecular complexity index is 1730. The number of rotatable bonds is 15. The number of aryl methyl sites for hydroxylation is 1. The van der Waals surface area contributed by atoms with Gasteiger partial charge in [-0.3, -0.25) is 13.9 Å². The third-order valence-corrected chi connectivity index (χ3v) is 10.1. The molecule has 47 heavy (non-hydrogen) atoms. The van der Waals surface area contributed by atoms with E-state index in [1.54, 1.807) is 36.4 Å². The minimum atomic E-state index is -4.21. The summed E-state index contributed by atoms with van der Waals surface area (Å²) in [7, 11) is -4.21. The van der Waals surface area contributed by atoms with E-state index in [1.807, 2.05) is 82.3 Å². The highest BCUT2D eigenvalue weighted by Gasteiger charge is 2.35. The lowest BCUT2D eigenvalue weighted by Gasteiger charge is -2.34. The second-order valence-corrected chi connectivity index (χ2v) is 14.2. The topological polar surface area (TPSA) is 96.0 Å². The molecule has 0 saturated heterocycles. The van der Waals surface area contributed by atoms with Crippen LogP contribution < -0.4 is 14.4 Å². The molecule has 248 valence electrons. The number of sulfonamides is 1. The summed E-state index contributed by atoms with van der Waals surface area (Å²) in [5.41, 5.74) is 2.95. The molecule has 4 aromatic rings. The molecule has 0 aromatic heterocycles. The lowest BCUT2D eigenvalue weighted by Crippen LogP contribution is -2.54. The summed E-state index contributed by atoms with van der Waals surface area (Å²) >= 11 is 3.52. The Balaban J connectivity index is 1.80. The summed E-state index contributed by atoms with van der Waals surface area (Å²) in [5, 5.41) is 3.06. The van der Waals surface area contributed by atoms with Crippen LogP contribution in [0.3, 0.4) is 0 Å². The van der Waals surface area contributed by atoms with E-state index >= 15 is 0 Å². The van der Waals surface area contributed by atoms with Crippen molar-refractivity contribution in [2.24, 2.45) is 0 Å². The number of hydrogen-bond donors (Lipinski definition) is 1. The number of ether oxygens (including phenoxy) is 1. The van der Waals surface area contributed by atoms with Crippen LogP contribution in [0.4, 0.5) is 5.69 Å². The molecule has 0 bridgehead atoms. The molecule has 4 aromatic carbocycles. The highest BCUT2D eigenvalue weighted by Crippen LogP contribution is 2.27. The number of amides is 2. The van der Waals surface area contributed by atoms with Crippen molar-refractivity contribution in [1.82, 2.24) is 10.2 Å². The quantitative estimate of drug-likeness (QED) is 0.144. The maximum absolute atomic E-state index is 14.6. The molecule has 0 saturated carbocycles. The van der Waals surface area contributed by atoms with E-state index in [4.69, 9.17) is 4.74 Å². The van der Waals surface area contributed by atoms with E-state index in [9.17, 15) is 18.0 Å². The van der Waals surface area contributed by atoms with Gasteiger partial charge in [-0.1, -0.05) is 83.0 Å². The maximum Gasteiger partial charge on any atom is 0.264 e. The molecule has 0 heterocycles. The lowest BCUT2D eigenvalue weighted by atomic mass is 10.0. The molecule has 1 N–H and O–H groups in total. The van der Waals surface area contributed by atoms with Crippen LogP contribution in [0.15, 0.2) is 112 Å². The molecular formula is C37H42BrN3O5S. The van der Waals surface area contributed by atoms with Crippen LogP contribution in [-0.4, -0.2) is 50.4 Å². The van der Waals surface area contributed by atoms with Gasteiger partial charge < -0.3 is 15.0 Å². The average molecular weight is 721 g/mol. The van der Waals surface area contributed by atoms with Gasteiger partial charge in [-0.2, -0.15) is 0 Å². The van der Waals surface area contributed by atoms with Crippen molar-refractivity contribution in [2.45, 2.75) is 64.1 Å². The van der Waals surface area contributed by atoms with Gasteiger partial charge in [0.2, 0.25) is 11.8 Å². The van der Waals surface area contributed by atoms with E-state index < -0.39 is 28.5 Å². The van der Waals surface area contributed by atoms with Gasteiger partial charge in [-0.25, -0.2) is 8.42 Å². The van der Waals surface area contributed by atoms with Crippen molar-refractivity contribution in [3.63, 3.8) is 0 Å². The predicted molar refractivity (Wildman–Crippen MR) is 190 cm³/mol. The van der Waals surface area contributed by atoms with Gasteiger partial charge in [0.15, 0.2) is 0 Å². The zero-order valence-corrected chi connectivity index (χ0v) is 29.6. The first-order chi connectivity index (χ1) is 22.5. The molecule has 10 heteroatoms. The van der Waals surface area contributed by atoms with Gasteiger partial charge in [0.25, 0.3) is 10.0 Å². The van der Waals surface area contributed by atoms with Crippen LogP contribution in [0, 0.1) is 6.92 Å². The Hall–Kier alpha value is -4.15. The van der Waals surface area contributed by atoms with Crippen LogP contribution >= 0.6 is 15.9 Å². The van der Waals surface area contributed by atoms with E-state index in [-0.39, 0.29) is 29.8 Å². The lowest BCUT2D eigenvalue weighted by molar-refractivity contribution is -0.140. The first-order valence-corrected chi connectivity index (χ1v) is 18.0. The van der Waals surface area contributed by atoms with Gasteiger partial charge in [-0.05, 0) is 86.8 Å². The fourth-order valence-corrected chi connectivity index (χ4v) is 6.93. The minimum Gasteiger partial charge on any atom is -0.494 e. The molecular weight excluding hydrogens is 678 g/mol. The van der Waals surface area contributed by atoms with Crippen molar-refractivity contribution in [2.75, 3.05) is 17.5 Å². The Morgan fingerprint density at radius 2 is 1.53 bits per heavy atom. The van der Waals surface area contributed by atoms with E-state index in [1.165, 1.54) is 17.0 Å². The first kappa shape index (κ1) is 35.7. The molecule has 0 unspecified atom stereocenters. The van der Waals surface area contributed by atoms with Crippen molar-refractivity contribution in [1.29, 1.82) is 0 Å².